The summed E-state index contributed by atoms with van der Waals surface area (Å²) in [6.45, 7) is 2.93. The van der Waals surface area contributed by atoms with Crippen molar-refractivity contribution in [3.05, 3.63) is 12.7 Å². The van der Waals surface area contributed by atoms with Crippen molar-refractivity contribution in [3.63, 3.8) is 0 Å². The number of aliphatic hydroxyl groups is 1. The van der Waals surface area contributed by atoms with Crippen LogP contribution >= 0.6 is 0 Å². The monoisotopic (exact) mass is 198 g/mol. The molecule has 0 amide bonds. The molecule has 5 nitrogen and oxygen atoms in total. The van der Waals surface area contributed by atoms with Crippen LogP contribution < -0.4 is 5.73 Å². The molecule has 1 aromatic rings. The third kappa shape index (κ3) is 3.85. The van der Waals surface area contributed by atoms with Gasteiger partial charge in [-0.25, -0.2) is 4.98 Å². The van der Waals surface area contributed by atoms with Crippen molar-refractivity contribution in [2.45, 2.75) is 38.3 Å². The molecule has 0 aliphatic carbocycles. The molecule has 0 spiro atoms. The fourth-order valence-corrected chi connectivity index (χ4v) is 1.23. The Hall–Kier alpha value is -0.940. The van der Waals surface area contributed by atoms with Gasteiger partial charge in [0.15, 0.2) is 0 Å². The Morgan fingerprint density at radius 1 is 1.50 bits per heavy atom. The number of unbranched alkanes of at least 4 members (excludes halogenated alkanes) is 1. The highest BCUT2D eigenvalue weighted by molar-refractivity contribution is 4.72. The van der Waals surface area contributed by atoms with Gasteiger partial charge in [-0.15, -0.1) is 0 Å². The lowest BCUT2D eigenvalue weighted by Crippen LogP contribution is -2.33. The highest BCUT2D eigenvalue weighted by Crippen LogP contribution is 2.11. The summed E-state index contributed by atoms with van der Waals surface area (Å²) in [5.74, 6) is 0. The van der Waals surface area contributed by atoms with Gasteiger partial charge in [-0.2, -0.15) is 5.10 Å². The Morgan fingerprint density at radius 2 is 2.29 bits per heavy atom. The molecule has 1 atom stereocenters. The van der Waals surface area contributed by atoms with Crippen LogP contribution in [0.3, 0.4) is 0 Å². The minimum atomic E-state index is -0.720. The zero-order valence-corrected chi connectivity index (χ0v) is 8.56. The SMILES string of the molecule is CC(O)(CN)CCCCn1cncn1. The molecule has 0 saturated carbocycles. The second-order valence-electron chi connectivity index (χ2n) is 3.82. The molecule has 1 aromatic heterocycles. The van der Waals surface area contributed by atoms with Gasteiger partial charge in [0.25, 0.3) is 0 Å². The summed E-state index contributed by atoms with van der Waals surface area (Å²) >= 11 is 0. The molecule has 3 N–H and O–H groups in total. The summed E-state index contributed by atoms with van der Waals surface area (Å²) in [6.07, 6.45) is 5.89. The number of aryl methyl sites for hydroxylation is 1. The Balaban J connectivity index is 2.11. The fraction of sp³-hybridized carbons (Fsp3) is 0.778. The van der Waals surface area contributed by atoms with Gasteiger partial charge in [0.2, 0.25) is 0 Å². The van der Waals surface area contributed by atoms with Crippen LogP contribution in [0.4, 0.5) is 0 Å². The number of aromatic nitrogens is 3. The first-order valence-electron chi connectivity index (χ1n) is 4.89. The highest BCUT2D eigenvalue weighted by Gasteiger charge is 2.16. The van der Waals surface area contributed by atoms with E-state index >= 15 is 0 Å². The van der Waals surface area contributed by atoms with Crippen molar-refractivity contribution in [1.29, 1.82) is 0 Å². The fourth-order valence-electron chi connectivity index (χ4n) is 1.23. The van der Waals surface area contributed by atoms with Gasteiger partial charge in [-0.05, 0) is 26.2 Å². The summed E-state index contributed by atoms with van der Waals surface area (Å²) in [6, 6.07) is 0. The van der Waals surface area contributed by atoms with Crippen LogP contribution in [-0.4, -0.2) is 32.0 Å². The van der Waals surface area contributed by atoms with E-state index < -0.39 is 5.60 Å². The maximum absolute atomic E-state index is 9.62. The Labute approximate surface area is 83.9 Å². The van der Waals surface area contributed by atoms with Crippen LogP contribution in [0.15, 0.2) is 12.7 Å². The summed E-state index contributed by atoms with van der Waals surface area (Å²) in [7, 11) is 0. The largest absolute Gasteiger partial charge is 0.389 e. The zero-order valence-electron chi connectivity index (χ0n) is 8.56. The van der Waals surface area contributed by atoms with Crippen LogP contribution in [0.5, 0.6) is 0 Å². The predicted octanol–water partition coefficient (Wildman–Crippen LogP) is 0.158. The van der Waals surface area contributed by atoms with E-state index in [4.69, 9.17) is 5.73 Å². The van der Waals surface area contributed by atoms with E-state index in [1.165, 1.54) is 6.33 Å². The molecule has 5 heteroatoms. The van der Waals surface area contributed by atoms with Crippen molar-refractivity contribution in [1.82, 2.24) is 14.8 Å². The number of nitrogens with zero attached hydrogens (tertiary/aromatic N) is 3. The minimum Gasteiger partial charge on any atom is -0.389 e. The van der Waals surface area contributed by atoms with E-state index in [0.29, 0.717) is 6.54 Å². The van der Waals surface area contributed by atoms with Gasteiger partial charge in [0.1, 0.15) is 12.7 Å². The molecule has 80 valence electrons. The van der Waals surface area contributed by atoms with E-state index in [1.807, 2.05) is 0 Å². The molecule has 0 saturated heterocycles. The standard InChI is InChI=1S/C9H18N4O/c1-9(14,6-10)4-2-3-5-13-8-11-7-12-13/h7-8,14H,2-6,10H2,1H3. The molecule has 0 bridgehead atoms. The topological polar surface area (TPSA) is 77.0 Å². The molecule has 0 radical (unpaired) electrons. The van der Waals surface area contributed by atoms with E-state index in [-0.39, 0.29) is 0 Å². The molecule has 0 aromatic carbocycles. The number of hydrogen-bond donors (Lipinski definition) is 2. The average Bonchev–Trinajstić information content (AvgIpc) is 2.65. The maximum Gasteiger partial charge on any atom is 0.137 e. The van der Waals surface area contributed by atoms with E-state index in [0.717, 1.165) is 25.8 Å². The van der Waals surface area contributed by atoms with Crippen LogP contribution in [0, 0.1) is 0 Å². The van der Waals surface area contributed by atoms with E-state index in [9.17, 15) is 5.11 Å². The first-order chi connectivity index (χ1) is 6.64. The lowest BCUT2D eigenvalue weighted by molar-refractivity contribution is 0.0569. The van der Waals surface area contributed by atoms with Gasteiger partial charge in [0.05, 0.1) is 5.60 Å². The molecule has 1 heterocycles. The first-order valence-corrected chi connectivity index (χ1v) is 4.89. The van der Waals surface area contributed by atoms with Gasteiger partial charge in [0, 0.05) is 13.1 Å². The Bertz CT molecular complexity index is 245. The predicted molar refractivity (Wildman–Crippen MR) is 53.6 cm³/mol. The third-order valence-electron chi connectivity index (χ3n) is 2.26. The van der Waals surface area contributed by atoms with Gasteiger partial charge < -0.3 is 10.8 Å². The van der Waals surface area contributed by atoms with Crippen LogP contribution in [0.2, 0.25) is 0 Å². The van der Waals surface area contributed by atoms with Crippen LogP contribution in [-0.2, 0) is 6.54 Å². The summed E-state index contributed by atoms with van der Waals surface area (Å²) < 4.78 is 1.79. The van der Waals surface area contributed by atoms with Crippen LogP contribution in [0.25, 0.3) is 0 Å². The van der Waals surface area contributed by atoms with Crippen LogP contribution in [0.1, 0.15) is 26.2 Å². The normalized spacial score (nSPS) is 15.4. The molecule has 0 aliphatic rings. The van der Waals surface area contributed by atoms with Crippen molar-refractivity contribution in [2.24, 2.45) is 5.73 Å². The number of nitrogens with two attached hydrogens (primary N) is 1. The molecular formula is C9H18N4O. The minimum absolute atomic E-state index is 0.316. The quantitative estimate of drug-likeness (QED) is 0.638. The third-order valence-corrected chi connectivity index (χ3v) is 2.26. The highest BCUT2D eigenvalue weighted by atomic mass is 16.3. The average molecular weight is 198 g/mol. The molecule has 1 unspecified atom stereocenters. The van der Waals surface area contributed by atoms with Crippen molar-refractivity contribution < 1.29 is 5.11 Å². The molecule has 0 aliphatic heterocycles. The zero-order chi connectivity index (χ0) is 10.4. The van der Waals surface area contributed by atoms with Gasteiger partial charge in [-0.3, -0.25) is 4.68 Å². The second kappa shape index (κ2) is 5.07. The molecule has 0 fully saturated rings. The van der Waals surface area contributed by atoms with Gasteiger partial charge >= 0.3 is 0 Å². The lowest BCUT2D eigenvalue weighted by atomic mass is 9.99. The van der Waals surface area contributed by atoms with Crippen molar-refractivity contribution in [3.8, 4) is 0 Å². The molecule has 14 heavy (non-hydrogen) atoms. The van der Waals surface area contributed by atoms with Gasteiger partial charge in [-0.1, -0.05) is 0 Å². The summed E-state index contributed by atoms with van der Waals surface area (Å²) in [5.41, 5.74) is 4.69. The molecule has 1 rings (SSSR count). The van der Waals surface area contributed by atoms with Crippen molar-refractivity contribution >= 4 is 0 Å². The van der Waals surface area contributed by atoms with Crippen molar-refractivity contribution in [2.75, 3.05) is 6.54 Å². The summed E-state index contributed by atoms with van der Waals surface area (Å²) in [5, 5.41) is 13.6. The Kier molecular flexibility index (Phi) is 4.03. The lowest BCUT2D eigenvalue weighted by Gasteiger charge is -2.20. The number of rotatable bonds is 6. The maximum atomic E-state index is 9.62. The number of hydrogen-bond acceptors (Lipinski definition) is 4. The molecular weight excluding hydrogens is 180 g/mol. The van der Waals surface area contributed by atoms with E-state index in [2.05, 4.69) is 10.1 Å². The smallest absolute Gasteiger partial charge is 0.137 e. The first kappa shape index (κ1) is 11.1. The second-order valence-corrected chi connectivity index (χ2v) is 3.82. The van der Waals surface area contributed by atoms with E-state index in [1.54, 1.807) is 17.9 Å². The summed E-state index contributed by atoms with van der Waals surface area (Å²) in [4.78, 5) is 3.85. The Morgan fingerprint density at radius 3 is 2.86 bits per heavy atom.